The molecule has 0 aliphatic heterocycles. The fraction of sp³-hybridized carbons (Fsp3) is 0.929. The Balaban J connectivity index is 3.77. The van der Waals surface area contributed by atoms with Gasteiger partial charge in [0.2, 0.25) is 5.91 Å². The fourth-order valence-corrected chi connectivity index (χ4v) is 2.57. The van der Waals surface area contributed by atoms with E-state index in [-0.39, 0.29) is 11.9 Å². The highest BCUT2D eigenvalue weighted by Crippen LogP contribution is 2.07. The minimum atomic E-state index is -0.0782. The molecule has 0 heterocycles. The van der Waals surface area contributed by atoms with Crippen LogP contribution in [0.25, 0.3) is 0 Å². The summed E-state index contributed by atoms with van der Waals surface area (Å²) in [6, 6.07) is -0.0782. The number of nitrogens with zero attached hydrogens (tertiary/aromatic N) is 1. The molecule has 1 amide bonds. The molecule has 0 unspecified atom stereocenters. The molecule has 3 nitrogen and oxygen atoms in total. The van der Waals surface area contributed by atoms with Crippen LogP contribution in [0.1, 0.15) is 51.9 Å². The van der Waals surface area contributed by atoms with Crippen LogP contribution in [0.3, 0.4) is 0 Å². The SMILES string of the molecule is CCCCCCCCN[C@@H](CCSC)C(=O)N(C)S. The Hall–Kier alpha value is 0.130. The summed E-state index contributed by atoms with van der Waals surface area (Å²) in [6.45, 7) is 3.16. The Morgan fingerprint density at radius 1 is 1.26 bits per heavy atom. The van der Waals surface area contributed by atoms with Gasteiger partial charge in [0.15, 0.2) is 0 Å². The van der Waals surface area contributed by atoms with Crippen LogP contribution < -0.4 is 5.32 Å². The van der Waals surface area contributed by atoms with Crippen molar-refractivity contribution in [3.63, 3.8) is 0 Å². The fourth-order valence-electron chi connectivity index (χ4n) is 1.96. The smallest absolute Gasteiger partial charge is 0.249 e. The second-order valence-electron chi connectivity index (χ2n) is 4.92. The molecule has 1 N–H and O–H groups in total. The number of rotatable bonds is 12. The third-order valence-electron chi connectivity index (χ3n) is 3.15. The zero-order valence-corrected chi connectivity index (χ0v) is 14.4. The third kappa shape index (κ3) is 10.6. The van der Waals surface area contributed by atoms with E-state index in [0.717, 1.165) is 25.1 Å². The van der Waals surface area contributed by atoms with E-state index in [0.29, 0.717) is 0 Å². The van der Waals surface area contributed by atoms with E-state index in [4.69, 9.17) is 0 Å². The first-order valence-electron chi connectivity index (χ1n) is 7.32. The van der Waals surface area contributed by atoms with Crippen LogP contribution in [0.5, 0.6) is 0 Å². The molecule has 114 valence electrons. The number of nitrogens with one attached hydrogen (secondary N) is 1. The van der Waals surface area contributed by atoms with Gasteiger partial charge in [0, 0.05) is 7.05 Å². The number of carbonyl (C=O) groups excluding carboxylic acids is 1. The summed E-state index contributed by atoms with van der Waals surface area (Å²) in [4.78, 5) is 11.9. The maximum absolute atomic E-state index is 11.9. The molecular formula is C14H30N2OS2. The van der Waals surface area contributed by atoms with E-state index in [2.05, 4.69) is 31.3 Å². The van der Waals surface area contributed by atoms with Crippen LogP contribution in [0.15, 0.2) is 0 Å². The van der Waals surface area contributed by atoms with Crippen LogP contribution in [0.2, 0.25) is 0 Å². The number of thiol groups is 1. The molecule has 1 atom stereocenters. The van der Waals surface area contributed by atoms with Crippen molar-refractivity contribution in [1.29, 1.82) is 0 Å². The van der Waals surface area contributed by atoms with Crippen LogP contribution in [0.4, 0.5) is 0 Å². The standard InChI is InChI=1S/C14H30N2OS2/c1-4-5-6-7-8-9-11-15-13(10-12-19-3)14(17)16(2)18/h13,15,18H,4-12H2,1-3H3/t13-/m0/s1. The van der Waals surface area contributed by atoms with Gasteiger partial charge >= 0.3 is 0 Å². The molecular weight excluding hydrogens is 276 g/mol. The van der Waals surface area contributed by atoms with Gasteiger partial charge in [-0.2, -0.15) is 11.8 Å². The number of thioether (sulfide) groups is 1. The Morgan fingerprint density at radius 2 is 1.89 bits per heavy atom. The summed E-state index contributed by atoms with van der Waals surface area (Å²) in [5.74, 6) is 1.07. The average Bonchev–Trinajstić information content (AvgIpc) is 2.40. The van der Waals surface area contributed by atoms with Crippen molar-refractivity contribution in [3.05, 3.63) is 0 Å². The zero-order chi connectivity index (χ0) is 14.5. The van der Waals surface area contributed by atoms with Gasteiger partial charge in [-0.3, -0.25) is 9.10 Å². The molecule has 0 aliphatic rings. The Morgan fingerprint density at radius 3 is 2.47 bits per heavy atom. The summed E-state index contributed by atoms with van der Waals surface area (Å²) in [6.07, 6.45) is 10.6. The van der Waals surface area contributed by atoms with Crippen molar-refractivity contribution in [1.82, 2.24) is 9.62 Å². The van der Waals surface area contributed by atoms with Crippen LogP contribution in [-0.4, -0.2) is 41.9 Å². The molecule has 0 radical (unpaired) electrons. The second-order valence-corrected chi connectivity index (χ2v) is 6.50. The van der Waals surface area contributed by atoms with Gasteiger partial charge in [0.1, 0.15) is 0 Å². The molecule has 19 heavy (non-hydrogen) atoms. The lowest BCUT2D eigenvalue weighted by atomic mass is 10.1. The first-order chi connectivity index (χ1) is 9.13. The molecule has 0 bridgehead atoms. The topological polar surface area (TPSA) is 32.3 Å². The Labute approximate surface area is 128 Å². The van der Waals surface area contributed by atoms with Crippen molar-refractivity contribution in [2.75, 3.05) is 25.6 Å². The van der Waals surface area contributed by atoms with Crippen molar-refractivity contribution in [2.45, 2.75) is 57.9 Å². The lowest BCUT2D eigenvalue weighted by Crippen LogP contribution is -2.42. The average molecular weight is 307 g/mol. The number of hydrogen-bond acceptors (Lipinski definition) is 4. The summed E-state index contributed by atoms with van der Waals surface area (Å²) < 4.78 is 1.39. The highest BCUT2D eigenvalue weighted by molar-refractivity contribution is 7.98. The molecule has 0 saturated carbocycles. The van der Waals surface area contributed by atoms with Gasteiger partial charge in [-0.1, -0.05) is 51.8 Å². The van der Waals surface area contributed by atoms with Gasteiger partial charge < -0.3 is 5.32 Å². The monoisotopic (exact) mass is 306 g/mol. The van der Waals surface area contributed by atoms with E-state index in [1.54, 1.807) is 18.8 Å². The summed E-state index contributed by atoms with van der Waals surface area (Å²) in [5, 5.41) is 3.37. The van der Waals surface area contributed by atoms with E-state index in [1.165, 1.54) is 36.4 Å². The molecule has 0 aromatic rings. The number of amides is 1. The molecule has 0 aromatic carbocycles. The summed E-state index contributed by atoms with van der Waals surface area (Å²) in [5.41, 5.74) is 0. The summed E-state index contributed by atoms with van der Waals surface area (Å²) >= 11 is 5.87. The van der Waals surface area contributed by atoms with Gasteiger partial charge in [-0.25, -0.2) is 0 Å². The maximum atomic E-state index is 11.9. The zero-order valence-electron chi connectivity index (χ0n) is 12.7. The first kappa shape index (κ1) is 19.1. The number of carbonyl (C=O) groups is 1. The maximum Gasteiger partial charge on any atom is 0.249 e. The normalized spacial score (nSPS) is 12.4. The van der Waals surface area contributed by atoms with Crippen LogP contribution in [-0.2, 0) is 4.79 Å². The van der Waals surface area contributed by atoms with E-state index in [9.17, 15) is 4.79 Å². The quantitative estimate of drug-likeness (QED) is 0.428. The van der Waals surface area contributed by atoms with Gasteiger partial charge in [-0.15, -0.1) is 0 Å². The molecule has 0 aliphatic carbocycles. The van der Waals surface area contributed by atoms with E-state index < -0.39 is 0 Å². The number of unbranched alkanes of at least 4 members (excludes halogenated alkanes) is 5. The number of likely N-dealkylation sites (N-methyl/N-ethyl adjacent to an activating group) is 1. The molecule has 0 spiro atoms. The minimum Gasteiger partial charge on any atom is -0.306 e. The van der Waals surface area contributed by atoms with Crippen LogP contribution in [0, 0.1) is 0 Å². The Bertz CT molecular complexity index is 225. The predicted molar refractivity (Wildman–Crippen MR) is 89.9 cm³/mol. The third-order valence-corrected chi connectivity index (χ3v) is 3.99. The van der Waals surface area contributed by atoms with Crippen molar-refractivity contribution in [2.24, 2.45) is 0 Å². The van der Waals surface area contributed by atoms with Gasteiger partial charge in [-0.05, 0) is 31.4 Å². The van der Waals surface area contributed by atoms with Crippen molar-refractivity contribution >= 4 is 30.5 Å². The highest BCUT2D eigenvalue weighted by Gasteiger charge is 2.19. The summed E-state index contributed by atoms with van der Waals surface area (Å²) in [7, 11) is 1.70. The largest absolute Gasteiger partial charge is 0.306 e. The minimum absolute atomic E-state index is 0.0726. The van der Waals surface area contributed by atoms with E-state index in [1.807, 2.05) is 0 Å². The number of hydrogen-bond donors (Lipinski definition) is 2. The second kappa shape index (κ2) is 13.1. The van der Waals surface area contributed by atoms with Gasteiger partial charge in [0.05, 0.1) is 6.04 Å². The van der Waals surface area contributed by atoms with Gasteiger partial charge in [0.25, 0.3) is 0 Å². The predicted octanol–water partition coefficient (Wildman–Crippen LogP) is 3.36. The highest BCUT2D eigenvalue weighted by atomic mass is 32.2. The van der Waals surface area contributed by atoms with Crippen LogP contribution >= 0.6 is 24.6 Å². The molecule has 0 rings (SSSR count). The van der Waals surface area contributed by atoms with E-state index >= 15 is 0 Å². The molecule has 5 heteroatoms. The molecule has 0 aromatic heterocycles. The first-order valence-corrected chi connectivity index (χ1v) is 9.11. The lowest BCUT2D eigenvalue weighted by molar-refractivity contribution is -0.127. The Kier molecular flexibility index (Phi) is 13.2. The lowest BCUT2D eigenvalue weighted by Gasteiger charge is -2.20. The molecule has 0 fully saturated rings. The van der Waals surface area contributed by atoms with Crippen molar-refractivity contribution < 1.29 is 4.79 Å². The van der Waals surface area contributed by atoms with Crippen molar-refractivity contribution in [3.8, 4) is 0 Å². The molecule has 0 saturated heterocycles.